The minimum absolute atomic E-state index is 0.0836. The molecule has 1 unspecified atom stereocenters. The highest BCUT2D eigenvalue weighted by Gasteiger charge is 2.43. The van der Waals surface area contributed by atoms with Crippen LogP contribution in [0.4, 0.5) is 0 Å². The maximum absolute atomic E-state index is 5.63. The van der Waals surface area contributed by atoms with Crippen molar-refractivity contribution in [3.05, 3.63) is 11.7 Å². The van der Waals surface area contributed by atoms with E-state index < -0.39 is 0 Å². The Kier molecular flexibility index (Phi) is 1.87. The number of rotatable bonds is 3. The molecule has 0 bridgehead atoms. The molecule has 2 N–H and O–H groups in total. The van der Waals surface area contributed by atoms with Gasteiger partial charge in [-0.15, -0.1) is 0 Å². The average molecular weight is 181 g/mol. The molecule has 72 valence electrons. The Morgan fingerprint density at radius 2 is 2.31 bits per heavy atom. The number of nitrogens with zero attached hydrogens (tertiary/aromatic N) is 2. The minimum atomic E-state index is 0.0836. The molecule has 0 amide bonds. The molecule has 0 radical (unpaired) electrons. The van der Waals surface area contributed by atoms with Crippen molar-refractivity contribution in [2.45, 2.75) is 44.6 Å². The molecule has 1 fully saturated rings. The van der Waals surface area contributed by atoms with Crippen LogP contribution in [0.25, 0.3) is 0 Å². The molecule has 1 saturated carbocycles. The molecule has 0 saturated heterocycles. The molecule has 13 heavy (non-hydrogen) atoms. The van der Waals surface area contributed by atoms with E-state index in [1.54, 1.807) is 0 Å². The van der Waals surface area contributed by atoms with Crippen LogP contribution in [0.2, 0.25) is 0 Å². The van der Waals surface area contributed by atoms with E-state index in [0.29, 0.717) is 12.3 Å². The molecule has 4 heteroatoms. The third-order valence-electron chi connectivity index (χ3n) is 2.50. The summed E-state index contributed by atoms with van der Waals surface area (Å²) in [6.07, 6.45) is 3.01. The molecule has 1 aromatic heterocycles. The van der Waals surface area contributed by atoms with E-state index in [-0.39, 0.29) is 11.5 Å². The van der Waals surface area contributed by atoms with Crippen molar-refractivity contribution >= 4 is 0 Å². The highest BCUT2D eigenvalue weighted by atomic mass is 16.5. The van der Waals surface area contributed by atoms with E-state index in [2.05, 4.69) is 17.1 Å². The van der Waals surface area contributed by atoms with E-state index >= 15 is 0 Å². The quantitative estimate of drug-likeness (QED) is 0.755. The predicted octanol–water partition coefficient (Wildman–Crippen LogP) is 1.01. The Labute approximate surface area is 77.5 Å². The molecule has 2 rings (SSSR count). The summed E-state index contributed by atoms with van der Waals surface area (Å²) in [6, 6.07) is 0.0836. The van der Waals surface area contributed by atoms with Gasteiger partial charge in [-0.2, -0.15) is 4.98 Å². The van der Waals surface area contributed by atoms with Gasteiger partial charge >= 0.3 is 0 Å². The summed E-state index contributed by atoms with van der Waals surface area (Å²) in [4.78, 5) is 4.33. The fraction of sp³-hybridized carbons (Fsp3) is 0.778. The van der Waals surface area contributed by atoms with Crippen LogP contribution >= 0.6 is 0 Å². The van der Waals surface area contributed by atoms with Gasteiger partial charge in [0.1, 0.15) is 0 Å². The van der Waals surface area contributed by atoms with Gasteiger partial charge in [-0.1, -0.05) is 12.1 Å². The smallest absolute Gasteiger partial charge is 0.228 e. The summed E-state index contributed by atoms with van der Waals surface area (Å²) >= 11 is 0. The van der Waals surface area contributed by atoms with Crippen LogP contribution in [0.15, 0.2) is 4.52 Å². The molecule has 0 spiro atoms. The first kappa shape index (κ1) is 8.69. The lowest BCUT2D eigenvalue weighted by atomic mass is 10.1. The topological polar surface area (TPSA) is 64.9 Å². The first-order chi connectivity index (χ1) is 6.10. The molecular weight excluding hydrogens is 166 g/mol. The van der Waals surface area contributed by atoms with E-state index in [4.69, 9.17) is 10.3 Å². The van der Waals surface area contributed by atoms with Gasteiger partial charge in [-0.25, -0.2) is 0 Å². The van der Waals surface area contributed by atoms with Crippen LogP contribution in [0.5, 0.6) is 0 Å². The number of aromatic nitrogens is 2. The summed E-state index contributed by atoms with van der Waals surface area (Å²) in [5.41, 5.74) is 5.82. The molecule has 1 aliphatic rings. The van der Waals surface area contributed by atoms with Crippen molar-refractivity contribution in [1.82, 2.24) is 10.1 Å². The van der Waals surface area contributed by atoms with Crippen molar-refractivity contribution in [2.75, 3.05) is 0 Å². The zero-order valence-electron chi connectivity index (χ0n) is 8.08. The monoisotopic (exact) mass is 181 g/mol. The van der Waals surface area contributed by atoms with Gasteiger partial charge in [0.25, 0.3) is 0 Å². The van der Waals surface area contributed by atoms with E-state index in [9.17, 15) is 0 Å². The summed E-state index contributed by atoms with van der Waals surface area (Å²) in [5, 5.41) is 3.96. The fourth-order valence-electron chi connectivity index (χ4n) is 1.27. The first-order valence-corrected chi connectivity index (χ1v) is 4.69. The standard InChI is InChI=1S/C9H15N3O/c1-6(10)5-7-11-8(12-13-7)9(2)3-4-9/h6H,3-5,10H2,1-2H3. The van der Waals surface area contributed by atoms with E-state index in [1.807, 2.05) is 6.92 Å². The van der Waals surface area contributed by atoms with Crippen molar-refractivity contribution in [3.8, 4) is 0 Å². The predicted molar refractivity (Wildman–Crippen MR) is 48.2 cm³/mol. The Hall–Kier alpha value is -0.900. The lowest BCUT2D eigenvalue weighted by molar-refractivity contribution is 0.363. The second kappa shape index (κ2) is 2.80. The summed E-state index contributed by atoms with van der Waals surface area (Å²) in [5.74, 6) is 1.52. The molecule has 0 aliphatic heterocycles. The SMILES string of the molecule is CC(N)Cc1nc(C2(C)CC2)no1. The van der Waals surface area contributed by atoms with Gasteiger partial charge in [0.2, 0.25) is 5.89 Å². The maximum Gasteiger partial charge on any atom is 0.228 e. The fourth-order valence-corrected chi connectivity index (χ4v) is 1.27. The Morgan fingerprint density at radius 1 is 1.62 bits per heavy atom. The van der Waals surface area contributed by atoms with Gasteiger partial charge < -0.3 is 10.3 Å². The summed E-state index contributed by atoms with van der Waals surface area (Å²) in [7, 11) is 0. The summed E-state index contributed by atoms with van der Waals surface area (Å²) in [6.45, 7) is 4.09. The van der Waals surface area contributed by atoms with Crippen LogP contribution in [0.3, 0.4) is 0 Å². The number of hydrogen-bond donors (Lipinski definition) is 1. The van der Waals surface area contributed by atoms with Crippen LogP contribution in [-0.2, 0) is 11.8 Å². The van der Waals surface area contributed by atoms with Gasteiger partial charge in [-0.05, 0) is 19.8 Å². The summed E-state index contributed by atoms with van der Waals surface area (Å²) < 4.78 is 5.10. The Morgan fingerprint density at radius 3 is 2.85 bits per heavy atom. The van der Waals surface area contributed by atoms with Crippen LogP contribution in [-0.4, -0.2) is 16.2 Å². The minimum Gasteiger partial charge on any atom is -0.339 e. The largest absolute Gasteiger partial charge is 0.339 e. The highest BCUT2D eigenvalue weighted by Crippen LogP contribution is 2.45. The third kappa shape index (κ3) is 1.72. The number of nitrogens with two attached hydrogens (primary N) is 1. The molecular formula is C9H15N3O. The lowest BCUT2D eigenvalue weighted by Crippen LogP contribution is -2.18. The van der Waals surface area contributed by atoms with Crippen LogP contribution in [0.1, 0.15) is 38.4 Å². The van der Waals surface area contributed by atoms with Crippen molar-refractivity contribution in [2.24, 2.45) is 5.73 Å². The van der Waals surface area contributed by atoms with Crippen LogP contribution < -0.4 is 5.73 Å². The van der Waals surface area contributed by atoms with Gasteiger partial charge in [0.05, 0.1) is 0 Å². The molecule has 1 heterocycles. The van der Waals surface area contributed by atoms with Gasteiger partial charge in [0.15, 0.2) is 5.82 Å². The van der Waals surface area contributed by atoms with E-state index in [0.717, 1.165) is 5.82 Å². The zero-order valence-corrected chi connectivity index (χ0v) is 8.08. The molecule has 4 nitrogen and oxygen atoms in total. The Balaban J connectivity index is 2.09. The molecule has 1 aliphatic carbocycles. The lowest BCUT2D eigenvalue weighted by Gasteiger charge is -1.98. The van der Waals surface area contributed by atoms with E-state index in [1.165, 1.54) is 12.8 Å². The molecule has 1 atom stereocenters. The first-order valence-electron chi connectivity index (χ1n) is 4.69. The maximum atomic E-state index is 5.63. The van der Waals surface area contributed by atoms with Crippen molar-refractivity contribution < 1.29 is 4.52 Å². The average Bonchev–Trinajstić information content (AvgIpc) is 2.62. The Bertz CT molecular complexity index is 302. The second-order valence-corrected chi connectivity index (χ2v) is 4.25. The zero-order chi connectivity index (χ0) is 9.47. The van der Waals surface area contributed by atoms with Crippen LogP contribution in [0, 0.1) is 0 Å². The highest BCUT2D eigenvalue weighted by molar-refractivity contribution is 5.14. The normalized spacial score (nSPS) is 21.5. The van der Waals surface area contributed by atoms with Crippen molar-refractivity contribution in [1.29, 1.82) is 0 Å². The third-order valence-corrected chi connectivity index (χ3v) is 2.50. The molecule has 0 aromatic carbocycles. The van der Waals surface area contributed by atoms with Gasteiger partial charge in [0, 0.05) is 17.9 Å². The number of hydrogen-bond acceptors (Lipinski definition) is 4. The molecule has 1 aromatic rings. The van der Waals surface area contributed by atoms with Crippen molar-refractivity contribution in [3.63, 3.8) is 0 Å². The second-order valence-electron chi connectivity index (χ2n) is 4.25. The van der Waals surface area contributed by atoms with Gasteiger partial charge in [-0.3, -0.25) is 0 Å².